The van der Waals surface area contributed by atoms with Gasteiger partial charge in [0.15, 0.2) is 0 Å². The molecule has 0 aliphatic carbocycles. The molecule has 0 saturated carbocycles. The molecule has 0 saturated heterocycles. The number of H-pyrrole nitrogens is 1. The van der Waals surface area contributed by atoms with Gasteiger partial charge in [-0.25, -0.2) is 18.2 Å². The number of nitrogens with one attached hydrogen (secondary N) is 1. The highest BCUT2D eigenvalue weighted by molar-refractivity contribution is 5.84. The first-order valence-corrected chi connectivity index (χ1v) is 6.09. The number of fused-ring (bicyclic) bond motifs is 1. The lowest BCUT2D eigenvalue weighted by atomic mass is 10.0. The van der Waals surface area contributed by atoms with Gasteiger partial charge in [0.1, 0.15) is 11.5 Å². The molecule has 3 aromatic rings. The standard InChI is InChI=1S/C15H11F3N2/c1-8-2-3-9-6-13(20-15(9)19-8)12-7-10(16)4-5-11(12)14(17)18/h2-7,14H,1H3,(H,19,20). The van der Waals surface area contributed by atoms with Crippen molar-refractivity contribution >= 4 is 11.0 Å². The molecule has 5 heteroatoms. The van der Waals surface area contributed by atoms with Gasteiger partial charge in [-0.3, -0.25) is 0 Å². The highest BCUT2D eigenvalue weighted by Gasteiger charge is 2.16. The minimum absolute atomic E-state index is 0.163. The van der Waals surface area contributed by atoms with Gasteiger partial charge in [-0.2, -0.15) is 0 Å². The summed E-state index contributed by atoms with van der Waals surface area (Å²) in [5, 5.41) is 0.801. The summed E-state index contributed by atoms with van der Waals surface area (Å²) >= 11 is 0. The highest BCUT2D eigenvalue weighted by Crippen LogP contribution is 2.32. The molecule has 3 rings (SSSR count). The third-order valence-electron chi connectivity index (χ3n) is 3.16. The second kappa shape index (κ2) is 4.67. The number of alkyl halides is 2. The van der Waals surface area contributed by atoms with Crippen LogP contribution in [0.25, 0.3) is 22.3 Å². The largest absolute Gasteiger partial charge is 0.339 e. The van der Waals surface area contributed by atoms with E-state index in [4.69, 9.17) is 0 Å². The molecule has 0 bridgehead atoms. The summed E-state index contributed by atoms with van der Waals surface area (Å²) in [6.45, 7) is 1.84. The van der Waals surface area contributed by atoms with Crippen molar-refractivity contribution < 1.29 is 13.2 Å². The Labute approximate surface area is 113 Å². The zero-order chi connectivity index (χ0) is 14.3. The molecule has 0 unspecified atom stereocenters. The van der Waals surface area contributed by atoms with Crippen LogP contribution in [-0.4, -0.2) is 9.97 Å². The summed E-state index contributed by atoms with van der Waals surface area (Å²) in [5.74, 6) is -0.549. The number of aromatic amines is 1. The average molecular weight is 276 g/mol. The second-order valence-corrected chi connectivity index (χ2v) is 4.61. The lowest BCUT2D eigenvalue weighted by Gasteiger charge is -2.07. The SMILES string of the molecule is Cc1ccc2cc(-c3cc(F)ccc3C(F)F)[nH]c2n1. The minimum atomic E-state index is -2.66. The van der Waals surface area contributed by atoms with Crippen LogP contribution in [0.4, 0.5) is 13.2 Å². The zero-order valence-corrected chi connectivity index (χ0v) is 10.6. The van der Waals surface area contributed by atoms with Crippen molar-refractivity contribution in [2.75, 3.05) is 0 Å². The van der Waals surface area contributed by atoms with Crippen molar-refractivity contribution in [1.29, 1.82) is 0 Å². The summed E-state index contributed by atoms with van der Waals surface area (Å²) < 4.78 is 39.4. The maximum absolute atomic E-state index is 13.3. The van der Waals surface area contributed by atoms with Crippen molar-refractivity contribution in [3.05, 3.63) is 53.5 Å². The maximum atomic E-state index is 13.3. The quantitative estimate of drug-likeness (QED) is 0.727. The second-order valence-electron chi connectivity index (χ2n) is 4.61. The van der Waals surface area contributed by atoms with E-state index in [0.29, 0.717) is 11.3 Å². The third-order valence-corrected chi connectivity index (χ3v) is 3.16. The molecular formula is C15H11F3N2. The molecule has 0 fully saturated rings. The van der Waals surface area contributed by atoms with Gasteiger partial charge in [0.25, 0.3) is 6.43 Å². The molecule has 0 aliphatic heterocycles. The van der Waals surface area contributed by atoms with E-state index in [-0.39, 0.29) is 11.1 Å². The molecule has 2 heterocycles. The molecule has 0 atom stereocenters. The third kappa shape index (κ3) is 2.15. The Kier molecular flexibility index (Phi) is 2.97. The number of aromatic nitrogens is 2. The number of hydrogen-bond acceptors (Lipinski definition) is 1. The van der Waals surface area contributed by atoms with Crippen LogP contribution < -0.4 is 0 Å². The Balaban J connectivity index is 2.22. The molecule has 2 aromatic heterocycles. The van der Waals surface area contributed by atoms with Crippen molar-refractivity contribution in [3.63, 3.8) is 0 Å². The first-order valence-electron chi connectivity index (χ1n) is 6.09. The van der Waals surface area contributed by atoms with E-state index < -0.39 is 12.2 Å². The summed E-state index contributed by atoms with van der Waals surface area (Å²) in [6, 6.07) is 8.63. The number of aryl methyl sites for hydroxylation is 1. The maximum Gasteiger partial charge on any atom is 0.264 e. The lowest BCUT2D eigenvalue weighted by Crippen LogP contribution is -1.92. The molecule has 1 aromatic carbocycles. The van der Waals surface area contributed by atoms with Crippen molar-refractivity contribution in [3.8, 4) is 11.3 Å². The van der Waals surface area contributed by atoms with Crippen LogP contribution in [0.15, 0.2) is 36.4 Å². The van der Waals surface area contributed by atoms with Crippen LogP contribution in [0, 0.1) is 12.7 Å². The van der Waals surface area contributed by atoms with Gasteiger partial charge in [-0.15, -0.1) is 0 Å². The van der Waals surface area contributed by atoms with Gasteiger partial charge in [0, 0.05) is 27.9 Å². The first kappa shape index (κ1) is 12.7. The number of halogens is 3. The van der Waals surface area contributed by atoms with Crippen LogP contribution in [0.5, 0.6) is 0 Å². The van der Waals surface area contributed by atoms with Crippen LogP contribution in [-0.2, 0) is 0 Å². The Hall–Kier alpha value is -2.30. The number of pyridine rings is 1. The van der Waals surface area contributed by atoms with Gasteiger partial charge in [0.2, 0.25) is 0 Å². The van der Waals surface area contributed by atoms with E-state index in [9.17, 15) is 13.2 Å². The monoisotopic (exact) mass is 276 g/mol. The number of hydrogen-bond donors (Lipinski definition) is 1. The average Bonchev–Trinajstić information content (AvgIpc) is 2.81. The van der Waals surface area contributed by atoms with E-state index in [1.54, 1.807) is 6.07 Å². The van der Waals surface area contributed by atoms with Gasteiger partial charge < -0.3 is 4.98 Å². The Bertz CT molecular complexity index is 778. The molecule has 0 aliphatic rings. The van der Waals surface area contributed by atoms with E-state index in [1.165, 1.54) is 0 Å². The van der Waals surface area contributed by atoms with Crippen molar-refractivity contribution in [1.82, 2.24) is 9.97 Å². The normalized spacial score (nSPS) is 11.4. The molecule has 0 amide bonds. The molecule has 1 N–H and O–H groups in total. The van der Waals surface area contributed by atoms with E-state index >= 15 is 0 Å². The molecule has 20 heavy (non-hydrogen) atoms. The van der Waals surface area contributed by atoms with Gasteiger partial charge in [-0.05, 0) is 43.3 Å². The first-order chi connectivity index (χ1) is 9.54. The van der Waals surface area contributed by atoms with Crippen LogP contribution in [0.2, 0.25) is 0 Å². The van der Waals surface area contributed by atoms with Crippen molar-refractivity contribution in [2.24, 2.45) is 0 Å². The fourth-order valence-electron chi connectivity index (χ4n) is 2.20. The minimum Gasteiger partial charge on any atom is -0.339 e. The van der Waals surface area contributed by atoms with Gasteiger partial charge in [0.05, 0.1) is 0 Å². The lowest BCUT2D eigenvalue weighted by molar-refractivity contribution is 0.152. The predicted molar refractivity (Wildman–Crippen MR) is 71.2 cm³/mol. The number of rotatable bonds is 2. The molecule has 0 radical (unpaired) electrons. The number of nitrogens with zero attached hydrogens (tertiary/aromatic N) is 1. The Morgan fingerprint density at radius 3 is 2.65 bits per heavy atom. The predicted octanol–water partition coefficient (Wildman–Crippen LogP) is 4.62. The molecule has 102 valence electrons. The Morgan fingerprint density at radius 2 is 1.90 bits per heavy atom. The van der Waals surface area contributed by atoms with Crippen LogP contribution >= 0.6 is 0 Å². The summed E-state index contributed by atoms with van der Waals surface area (Å²) in [7, 11) is 0. The van der Waals surface area contributed by atoms with Gasteiger partial charge >= 0.3 is 0 Å². The summed E-state index contributed by atoms with van der Waals surface area (Å²) in [4.78, 5) is 7.25. The van der Waals surface area contributed by atoms with E-state index in [1.807, 2.05) is 19.1 Å². The zero-order valence-electron chi connectivity index (χ0n) is 10.6. The fraction of sp³-hybridized carbons (Fsp3) is 0.133. The fourth-order valence-corrected chi connectivity index (χ4v) is 2.20. The smallest absolute Gasteiger partial charge is 0.264 e. The Morgan fingerprint density at radius 1 is 1.10 bits per heavy atom. The topological polar surface area (TPSA) is 28.7 Å². The van der Waals surface area contributed by atoms with Crippen molar-refractivity contribution in [2.45, 2.75) is 13.3 Å². The van der Waals surface area contributed by atoms with E-state index in [2.05, 4.69) is 9.97 Å². The van der Waals surface area contributed by atoms with Crippen LogP contribution in [0.1, 0.15) is 17.7 Å². The molecule has 2 nitrogen and oxygen atoms in total. The molecular weight excluding hydrogens is 265 g/mol. The summed E-state index contributed by atoms with van der Waals surface area (Å²) in [6.07, 6.45) is -2.66. The molecule has 0 spiro atoms. The van der Waals surface area contributed by atoms with Crippen LogP contribution in [0.3, 0.4) is 0 Å². The highest BCUT2D eigenvalue weighted by atomic mass is 19.3. The number of benzene rings is 1. The van der Waals surface area contributed by atoms with E-state index in [0.717, 1.165) is 29.3 Å². The van der Waals surface area contributed by atoms with Gasteiger partial charge in [-0.1, -0.05) is 0 Å². The summed E-state index contributed by atoms with van der Waals surface area (Å²) in [5.41, 5.74) is 1.82.